The number of aliphatic hydroxyl groups is 1. The second-order valence-corrected chi connectivity index (χ2v) is 4.69. The normalized spacial score (nSPS) is 15.1. The summed E-state index contributed by atoms with van der Waals surface area (Å²) < 4.78 is 0. The molecule has 0 aromatic heterocycles. The number of Topliss-reactive ketones (excluding diaryl/α,β-unsaturated/α-hetero) is 1. The Morgan fingerprint density at radius 1 is 1.05 bits per heavy atom. The standard InChI is InChI=1S/C16H13NO3/c18-14(11-6-2-1-3-7-11)16(20)17-10-12-8-4-5-9-13(12)15(17)19/h1-9,16,20H,10H2. The SMILES string of the molecule is O=C(c1ccccc1)C(O)N1Cc2ccccc2C1=O. The van der Waals surface area contributed by atoms with Crippen molar-refractivity contribution in [1.82, 2.24) is 4.90 Å². The Balaban J connectivity index is 1.85. The van der Waals surface area contributed by atoms with Crippen molar-refractivity contribution in [1.29, 1.82) is 0 Å². The van der Waals surface area contributed by atoms with E-state index in [-0.39, 0.29) is 12.5 Å². The van der Waals surface area contributed by atoms with Crippen LogP contribution in [0, 0.1) is 0 Å². The summed E-state index contributed by atoms with van der Waals surface area (Å²) in [6.07, 6.45) is -1.45. The molecule has 0 spiro atoms. The molecule has 0 aliphatic carbocycles. The Hall–Kier alpha value is -2.46. The number of fused-ring (bicyclic) bond motifs is 1. The maximum atomic E-state index is 12.2. The number of hydrogen-bond donors (Lipinski definition) is 1. The lowest BCUT2D eigenvalue weighted by atomic mass is 10.1. The summed E-state index contributed by atoms with van der Waals surface area (Å²) >= 11 is 0. The highest BCUT2D eigenvalue weighted by Gasteiger charge is 2.35. The van der Waals surface area contributed by atoms with E-state index in [2.05, 4.69) is 0 Å². The second-order valence-electron chi connectivity index (χ2n) is 4.69. The van der Waals surface area contributed by atoms with E-state index >= 15 is 0 Å². The largest absolute Gasteiger partial charge is 0.366 e. The zero-order valence-corrected chi connectivity index (χ0v) is 10.7. The van der Waals surface area contributed by atoms with Crippen LogP contribution in [0.5, 0.6) is 0 Å². The summed E-state index contributed by atoms with van der Waals surface area (Å²) in [5, 5.41) is 10.2. The van der Waals surface area contributed by atoms with E-state index in [0.717, 1.165) is 5.56 Å². The topological polar surface area (TPSA) is 57.6 Å². The smallest absolute Gasteiger partial charge is 0.256 e. The number of hydrogen-bond acceptors (Lipinski definition) is 3. The van der Waals surface area contributed by atoms with Gasteiger partial charge in [-0.2, -0.15) is 0 Å². The lowest BCUT2D eigenvalue weighted by Gasteiger charge is -2.21. The molecule has 0 radical (unpaired) electrons. The van der Waals surface area contributed by atoms with Crippen LogP contribution in [0.3, 0.4) is 0 Å². The fourth-order valence-electron chi connectivity index (χ4n) is 2.37. The minimum Gasteiger partial charge on any atom is -0.366 e. The van der Waals surface area contributed by atoms with Gasteiger partial charge in [-0.3, -0.25) is 9.59 Å². The molecule has 0 saturated heterocycles. The van der Waals surface area contributed by atoms with Crippen LogP contribution in [0.2, 0.25) is 0 Å². The molecule has 100 valence electrons. The van der Waals surface area contributed by atoms with E-state index in [0.29, 0.717) is 11.1 Å². The van der Waals surface area contributed by atoms with Crippen LogP contribution in [-0.2, 0) is 6.54 Å². The average Bonchev–Trinajstić information content (AvgIpc) is 2.84. The van der Waals surface area contributed by atoms with Gasteiger partial charge in [0.2, 0.25) is 5.78 Å². The summed E-state index contributed by atoms with van der Waals surface area (Å²) in [4.78, 5) is 25.6. The van der Waals surface area contributed by atoms with Gasteiger partial charge in [0.05, 0.1) is 0 Å². The van der Waals surface area contributed by atoms with E-state index in [4.69, 9.17) is 0 Å². The maximum absolute atomic E-state index is 12.2. The number of ketones is 1. The van der Waals surface area contributed by atoms with Crippen molar-refractivity contribution in [2.45, 2.75) is 12.8 Å². The highest BCUT2D eigenvalue weighted by atomic mass is 16.3. The number of carbonyl (C=O) groups is 2. The highest BCUT2D eigenvalue weighted by Crippen LogP contribution is 2.24. The predicted octanol–water partition coefficient (Wildman–Crippen LogP) is 1.84. The molecular weight excluding hydrogens is 254 g/mol. The van der Waals surface area contributed by atoms with Crippen molar-refractivity contribution in [3.05, 3.63) is 71.3 Å². The molecule has 0 bridgehead atoms. The fraction of sp³-hybridized carbons (Fsp3) is 0.125. The molecule has 3 rings (SSSR count). The van der Waals surface area contributed by atoms with E-state index in [1.54, 1.807) is 42.5 Å². The van der Waals surface area contributed by atoms with E-state index < -0.39 is 12.0 Å². The van der Waals surface area contributed by atoms with Crippen molar-refractivity contribution >= 4 is 11.7 Å². The zero-order chi connectivity index (χ0) is 14.1. The van der Waals surface area contributed by atoms with E-state index in [9.17, 15) is 14.7 Å². The number of amides is 1. The minimum atomic E-state index is -1.45. The zero-order valence-electron chi connectivity index (χ0n) is 10.7. The molecule has 0 fully saturated rings. The van der Waals surface area contributed by atoms with Crippen LogP contribution in [0.15, 0.2) is 54.6 Å². The highest BCUT2D eigenvalue weighted by molar-refractivity contribution is 6.05. The van der Waals surface area contributed by atoms with Gasteiger partial charge in [0.15, 0.2) is 6.23 Å². The molecule has 0 saturated carbocycles. The molecule has 4 heteroatoms. The Kier molecular flexibility index (Phi) is 3.08. The molecule has 1 aliphatic heterocycles. The van der Waals surface area contributed by atoms with E-state index in [1.165, 1.54) is 4.90 Å². The van der Waals surface area contributed by atoms with Crippen LogP contribution >= 0.6 is 0 Å². The first-order valence-corrected chi connectivity index (χ1v) is 6.34. The van der Waals surface area contributed by atoms with Gasteiger partial charge in [0.25, 0.3) is 5.91 Å². The molecule has 1 aliphatic rings. The molecule has 1 N–H and O–H groups in total. The molecule has 2 aromatic carbocycles. The molecule has 2 aromatic rings. The van der Waals surface area contributed by atoms with Gasteiger partial charge in [-0.05, 0) is 11.6 Å². The molecule has 1 amide bonds. The number of aliphatic hydroxyl groups excluding tert-OH is 1. The first-order chi connectivity index (χ1) is 9.68. The third-order valence-corrected chi connectivity index (χ3v) is 3.44. The van der Waals surface area contributed by atoms with Crippen molar-refractivity contribution in [3.8, 4) is 0 Å². The summed E-state index contributed by atoms with van der Waals surface area (Å²) in [5.41, 5.74) is 1.77. The minimum absolute atomic E-state index is 0.259. The Morgan fingerprint density at radius 2 is 1.70 bits per heavy atom. The maximum Gasteiger partial charge on any atom is 0.256 e. The fourth-order valence-corrected chi connectivity index (χ4v) is 2.37. The van der Waals surface area contributed by atoms with Gasteiger partial charge in [0, 0.05) is 17.7 Å². The number of benzene rings is 2. The third-order valence-electron chi connectivity index (χ3n) is 3.44. The average molecular weight is 267 g/mol. The lowest BCUT2D eigenvalue weighted by molar-refractivity contribution is 0.0126. The molecular formula is C16H13NO3. The summed E-state index contributed by atoms with van der Waals surface area (Å²) in [6, 6.07) is 15.6. The first-order valence-electron chi connectivity index (χ1n) is 6.34. The van der Waals surface area contributed by atoms with Crippen molar-refractivity contribution in [3.63, 3.8) is 0 Å². The molecule has 1 unspecified atom stereocenters. The molecule has 20 heavy (non-hydrogen) atoms. The van der Waals surface area contributed by atoms with Gasteiger partial charge in [0.1, 0.15) is 0 Å². The summed E-state index contributed by atoms with van der Waals surface area (Å²) in [7, 11) is 0. The van der Waals surface area contributed by atoms with Crippen LogP contribution < -0.4 is 0 Å². The second kappa shape index (κ2) is 4.90. The summed E-state index contributed by atoms with van der Waals surface area (Å²) in [6.45, 7) is 0.259. The number of rotatable bonds is 3. The monoisotopic (exact) mass is 267 g/mol. The first kappa shape index (κ1) is 12.6. The van der Waals surface area contributed by atoms with Gasteiger partial charge in [-0.15, -0.1) is 0 Å². The molecule has 4 nitrogen and oxygen atoms in total. The lowest BCUT2D eigenvalue weighted by Crippen LogP contribution is -2.41. The predicted molar refractivity (Wildman–Crippen MR) is 73.1 cm³/mol. The van der Waals surface area contributed by atoms with Crippen LogP contribution in [0.4, 0.5) is 0 Å². The van der Waals surface area contributed by atoms with Crippen molar-refractivity contribution < 1.29 is 14.7 Å². The van der Waals surface area contributed by atoms with Crippen molar-refractivity contribution in [2.24, 2.45) is 0 Å². The van der Waals surface area contributed by atoms with Crippen molar-refractivity contribution in [2.75, 3.05) is 0 Å². The van der Waals surface area contributed by atoms with Gasteiger partial charge >= 0.3 is 0 Å². The van der Waals surface area contributed by atoms with Crippen LogP contribution in [0.25, 0.3) is 0 Å². The van der Waals surface area contributed by atoms with Gasteiger partial charge in [-0.25, -0.2) is 0 Å². The molecule has 1 atom stereocenters. The van der Waals surface area contributed by atoms with Crippen LogP contribution in [0.1, 0.15) is 26.3 Å². The Bertz CT molecular complexity index is 666. The third kappa shape index (κ3) is 2.00. The van der Waals surface area contributed by atoms with E-state index in [1.807, 2.05) is 12.1 Å². The number of nitrogens with zero attached hydrogens (tertiary/aromatic N) is 1. The van der Waals surface area contributed by atoms with Crippen LogP contribution in [-0.4, -0.2) is 27.9 Å². The van der Waals surface area contributed by atoms with Gasteiger partial charge in [-0.1, -0.05) is 48.5 Å². The number of carbonyl (C=O) groups excluding carboxylic acids is 2. The quantitative estimate of drug-likeness (QED) is 0.863. The molecule has 1 heterocycles. The Morgan fingerprint density at radius 3 is 2.40 bits per heavy atom. The Labute approximate surface area is 116 Å². The van der Waals surface area contributed by atoms with Gasteiger partial charge < -0.3 is 10.0 Å². The summed E-state index contributed by atoms with van der Waals surface area (Å²) in [5.74, 6) is -0.774.